The summed E-state index contributed by atoms with van der Waals surface area (Å²) in [4.78, 5) is 14.6. The van der Waals surface area contributed by atoms with Gasteiger partial charge in [-0.15, -0.1) is 12.4 Å². The Balaban J connectivity index is 0.00000220. The van der Waals surface area contributed by atoms with Crippen molar-refractivity contribution in [2.24, 2.45) is 11.7 Å². The van der Waals surface area contributed by atoms with Gasteiger partial charge in [-0.05, 0) is 57.4 Å². The number of amides is 1. The second-order valence-corrected chi connectivity index (χ2v) is 6.49. The van der Waals surface area contributed by atoms with Crippen LogP contribution in [-0.4, -0.2) is 42.6 Å². The fourth-order valence-corrected chi connectivity index (χ4v) is 3.41. The first-order valence-corrected chi connectivity index (χ1v) is 8.32. The summed E-state index contributed by atoms with van der Waals surface area (Å²) in [5.74, 6) is 1.10. The van der Waals surface area contributed by atoms with Gasteiger partial charge in [0, 0.05) is 25.6 Å². The van der Waals surface area contributed by atoms with Crippen molar-refractivity contribution in [2.75, 3.05) is 19.7 Å². The van der Waals surface area contributed by atoms with Gasteiger partial charge in [0.05, 0.1) is 6.10 Å². The molecule has 1 saturated heterocycles. The van der Waals surface area contributed by atoms with E-state index in [1.54, 1.807) is 0 Å². The number of carbonyl (C=O) groups excluding carboxylic acids is 1. The molecule has 1 saturated carbocycles. The number of hydrogen-bond donors (Lipinski definition) is 1. The second kappa shape index (κ2) is 9.65. The summed E-state index contributed by atoms with van der Waals surface area (Å²) in [7, 11) is 0. The lowest BCUT2D eigenvalue weighted by Crippen LogP contribution is -2.46. The Labute approximate surface area is 135 Å². The SMILES string of the molecule is CC1CCC(N(CC2CCCO2)C(=O)CCCN)CC1.Cl. The van der Waals surface area contributed by atoms with Gasteiger partial charge in [0.15, 0.2) is 0 Å². The van der Waals surface area contributed by atoms with Crippen LogP contribution in [0.4, 0.5) is 0 Å². The van der Waals surface area contributed by atoms with E-state index in [1.165, 1.54) is 12.8 Å². The minimum Gasteiger partial charge on any atom is -0.376 e. The zero-order chi connectivity index (χ0) is 14.4. The van der Waals surface area contributed by atoms with E-state index in [0.717, 1.165) is 51.2 Å². The molecule has 2 rings (SSSR count). The summed E-state index contributed by atoms with van der Waals surface area (Å²) in [5.41, 5.74) is 5.54. The van der Waals surface area contributed by atoms with Gasteiger partial charge >= 0.3 is 0 Å². The molecule has 1 amide bonds. The minimum absolute atomic E-state index is 0. The first-order chi connectivity index (χ1) is 9.70. The molecule has 1 aliphatic carbocycles. The van der Waals surface area contributed by atoms with Crippen LogP contribution in [0, 0.1) is 5.92 Å². The van der Waals surface area contributed by atoms with Crippen molar-refractivity contribution >= 4 is 18.3 Å². The highest BCUT2D eigenvalue weighted by atomic mass is 35.5. The Bertz CT molecular complexity index is 301. The third-order valence-electron chi connectivity index (χ3n) is 4.77. The van der Waals surface area contributed by atoms with E-state index in [-0.39, 0.29) is 24.4 Å². The van der Waals surface area contributed by atoms with Crippen LogP contribution >= 0.6 is 12.4 Å². The number of hydrogen-bond acceptors (Lipinski definition) is 3. The van der Waals surface area contributed by atoms with Crippen molar-refractivity contribution in [3.63, 3.8) is 0 Å². The fourth-order valence-electron chi connectivity index (χ4n) is 3.41. The van der Waals surface area contributed by atoms with Crippen LogP contribution in [-0.2, 0) is 9.53 Å². The molecule has 124 valence electrons. The zero-order valence-electron chi connectivity index (χ0n) is 13.3. The lowest BCUT2D eigenvalue weighted by atomic mass is 9.86. The van der Waals surface area contributed by atoms with E-state index in [4.69, 9.17) is 10.5 Å². The van der Waals surface area contributed by atoms with E-state index in [1.807, 2.05) is 0 Å². The molecule has 0 aromatic rings. The first-order valence-electron chi connectivity index (χ1n) is 8.32. The van der Waals surface area contributed by atoms with Crippen molar-refractivity contribution in [1.82, 2.24) is 4.90 Å². The molecule has 0 aromatic heterocycles. The van der Waals surface area contributed by atoms with Crippen molar-refractivity contribution in [1.29, 1.82) is 0 Å². The summed E-state index contributed by atoms with van der Waals surface area (Å²) < 4.78 is 5.73. The number of ether oxygens (including phenoxy) is 1. The third kappa shape index (κ3) is 5.76. The Kier molecular flexibility index (Phi) is 8.60. The maximum Gasteiger partial charge on any atom is 0.222 e. The highest BCUT2D eigenvalue weighted by Gasteiger charge is 2.30. The molecule has 21 heavy (non-hydrogen) atoms. The van der Waals surface area contributed by atoms with Crippen LogP contribution in [0.2, 0.25) is 0 Å². The highest BCUT2D eigenvalue weighted by Crippen LogP contribution is 2.28. The topological polar surface area (TPSA) is 55.6 Å². The molecule has 1 atom stereocenters. The molecule has 2 fully saturated rings. The van der Waals surface area contributed by atoms with Crippen molar-refractivity contribution in [3.05, 3.63) is 0 Å². The van der Waals surface area contributed by atoms with Gasteiger partial charge in [0.2, 0.25) is 5.91 Å². The molecule has 0 spiro atoms. The highest BCUT2D eigenvalue weighted by molar-refractivity contribution is 5.85. The second-order valence-electron chi connectivity index (χ2n) is 6.49. The minimum atomic E-state index is 0. The average Bonchev–Trinajstić information content (AvgIpc) is 2.96. The quantitative estimate of drug-likeness (QED) is 0.819. The zero-order valence-corrected chi connectivity index (χ0v) is 14.1. The summed E-state index contributed by atoms with van der Waals surface area (Å²) in [6.45, 7) is 4.57. The molecule has 0 aromatic carbocycles. The predicted octanol–water partition coefficient (Wildman–Crippen LogP) is 2.73. The van der Waals surface area contributed by atoms with Crippen LogP contribution in [0.15, 0.2) is 0 Å². The number of rotatable bonds is 6. The molecule has 4 nitrogen and oxygen atoms in total. The molecule has 1 unspecified atom stereocenters. The Morgan fingerprint density at radius 1 is 1.24 bits per heavy atom. The molecule has 0 radical (unpaired) electrons. The van der Waals surface area contributed by atoms with E-state index in [9.17, 15) is 4.79 Å². The molecule has 1 aliphatic heterocycles. The molecule has 1 heterocycles. The molecular formula is C16H31ClN2O2. The van der Waals surface area contributed by atoms with Crippen LogP contribution in [0.3, 0.4) is 0 Å². The molecular weight excluding hydrogens is 288 g/mol. The number of carbonyl (C=O) groups is 1. The lowest BCUT2D eigenvalue weighted by Gasteiger charge is -2.37. The van der Waals surface area contributed by atoms with Crippen LogP contribution in [0.25, 0.3) is 0 Å². The molecule has 2 aliphatic rings. The normalized spacial score (nSPS) is 29.0. The molecule has 0 bridgehead atoms. The lowest BCUT2D eigenvalue weighted by molar-refractivity contribution is -0.136. The average molecular weight is 319 g/mol. The third-order valence-corrected chi connectivity index (χ3v) is 4.77. The molecule has 2 N–H and O–H groups in total. The van der Waals surface area contributed by atoms with Crippen molar-refractivity contribution < 1.29 is 9.53 Å². The van der Waals surface area contributed by atoms with E-state index in [2.05, 4.69) is 11.8 Å². The van der Waals surface area contributed by atoms with E-state index in [0.29, 0.717) is 19.0 Å². The largest absolute Gasteiger partial charge is 0.376 e. The van der Waals surface area contributed by atoms with Crippen LogP contribution in [0.1, 0.15) is 58.3 Å². The van der Waals surface area contributed by atoms with Gasteiger partial charge in [-0.2, -0.15) is 0 Å². The maximum atomic E-state index is 12.5. The predicted molar refractivity (Wildman–Crippen MR) is 87.6 cm³/mol. The Hall–Kier alpha value is -0.320. The summed E-state index contributed by atoms with van der Waals surface area (Å²) in [6.07, 6.45) is 8.69. The number of nitrogens with two attached hydrogens (primary N) is 1. The Morgan fingerprint density at radius 2 is 1.95 bits per heavy atom. The van der Waals surface area contributed by atoms with Gasteiger partial charge in [-0.1, -0.05) is 6.92 Å². The fraction of sp³-hybridized carbons (Fsp3) is 0.938. The summed E-state index contributed by atoms with van der Waals surface area (Å²) in [6, 6.07) is 0.431. The summed E-state index contributed by atoms with van der Waals surface area (Å²) in [5, 5.41) is 0. The van der Waals surface area contributed by atoms with E-state index < -0.39 is 0 Å². The van der Waals surface area contributed by atoms with Gasteiger partial charge in [-0.25, -0.2) is 0 Å². The van der Waals surface area contributed by atoms with Crippen molar-refractivity contribution in [2.45, 2.75) is 70.4 Å². The van der Waals surface area contributed by atoms with Gasteiger partial charge in [0.25, 0.3) is 0 Å². The smallest absolute Gasteiger partial charge is 0.222 e. The number of halogens is 1. The van der Waals surface area contributed by atoms with Crippen LogP contribution < -0.4 is 5.73 Å². The van der Waals surface area contributed by atoms with Crippen LogP contribution in [0.5, 0.6) is 0 Å². The van der Waals surface area contributed by atoms with Crippen molar-refractivity contribution in [3.8, 4) is 0 Å². The van der Waals surface area contributed by atoms with Gasteiger partial charge < -0.3 is 15.4 Å². The van der Waals surface area contributed by atoms with Gasteiger partial charge in [0.1, 0.15) is 0 Å². The standard InChI is InChI=1S/C16H30N2O2.ClH/c1-13-6-8-14(9-7-13)18(16(19)5-2-10-17)12-15-4-3-11-20-15;/h13-15H,2-12,17H2,1H3;1H. The molecule has 5 heteroatoms. The number of nitrogens with zero attached hydrogens (tertiary/aromatic N) is 1. The first kappa shape index (κ1) is 18.7. The monoisotopic (exact) mass is 318 g/mol. The Morgan fingerprint density at radius 3 is 2.52 bits per heavy atom. The van der Waals surface area contributed by atoms with Gasteiger partial charge in [-0.3, -0.25) is 4.79 Å². The maximum absolute atomic E-state index is 12.5. The summed E-state index contributed by atoms with van der Waals surface area (Å²) >= 11 is 0. The van der Waals surface area contributed by atoms with E-state index >= 15 is 0 Å².